The zero-order valence-electron chi connectivity index (χ0n) is 22.5. The van der Waals surface area contributed by atoms with E-state index in [0.29, 0.717) is 33.7 Å². The summed E-state index contributed by atoms with van der Waals surface area (Å²) in [6, 6.07) is 16.1. The normalized spacial score (nSPS) is 10.8. The number of carbonyl (C=O) groups is 1. The summed E-state index contributed by atoms with van der Waals surface area (Å²) in [5.41, 5.74) is 4.45. The molecule has 0 radical (unpaired) electrons. The number of hydrogen-bond donors (Lipinski definition) is 2. The first kappa shape index (κ1) is 27.8. The van der Waals surface area contributed by atoms with Crippen molar-refractivity contribution in [2.45, 2.75) is 13.3 Å². The van der Waals surface area contributed by atoms with Gasteiger partial charge in [-0.15, -0.1) is 0 Å². The van der Waals surface area contributed by atoms with Crippen molar-refractivity contribution in [2.75, 3.05) is 49.8 Å². The third-order valence-electron chi connectivity index (χ3n) is 5.99. The predicted octanol–water partition coefficient (Wildman–Crippen LogP) is 6.32. The largest absolute Gasteiger partial charge is 0.438 e. The summed E-state index contributed by atoms with van der Waals surface area (Å²) in [7, 11) is 6.10. The molecular formula is C29H32ClN7O2. The van der Waals surface area contributed by atoms with E-state index in [2.05, 4.69) is 49.5 Å². The van der Waals surface area contributed by atoms with Gasteiger partial charge in [0.25, 0.3) is 0 Å². The Morgan fingerprint density at radius 1 is 0.974 bits per heavy atom. The number of nitrogens with zero attached hydrogens (tertiary/aromatic N) is 5. The lowest BCUT2D eigenvalue weighted by Gasteiger charge is -2.24. The molecule has 0 fully saturated rings. The molecule has 2 aromatic heterocycles. The number of benzene rings is 2. The molecule has 2 heterocycles. The molecule has 39 heavy (non-hydrogen) atoms. The molecular weight excluding hydrogens is 514 g/mol. The Morgan fingerprint density at radius 3 is 2.56 bits per heavy atom. The molecule has 0 saturated carbocycles. The van der Waals surface area contributed by atoms with E-state index in [1.807, 2.05) is 44.3 Å². The predicted molar refractivity (Wildman–Crippen MR) is 157 cm³/mol. The van der Waals surface area contributed by atoms with Crippen molar-refractivity contribution in [1.82, 2.24) is 19.9 Å². The number of carbonyl (C=O) groups excluding carboxylic acids is 1. The molecule has 0 spiro atoms. The topological polar surface area (TPSA) is 95.5 Å². The summed E-state index contributed by atoms with van der Waals surface area (Å²) in [4.78, 5) is 29.8. The van der Waals surface area contributed by atoms with Gasteiger partial charge in [-0.05, 0) is 94.1 Å². The SMILES string of the molecule is Cc1cc(NC(=O)Nc2cc(Cl)ccc2N(C)CCCN(C)C)ccc1Oc1ncccc1-c1ccncn1. The van der Waals surface area contributed by atoms with Crippen molar-refractivity contribution < 1.29 is 9.53 Å². The lowest BCUT2D eigenvalue weighted by atomic mass is 10.2. The second-order valence-electron chi connectivity index (χ2n) is 9.35. The molecule has 0 atom stereocenters. The van der Waals surface area contributed by atoms with Crippen molar-refractivity contribution in [2.24, 2.45) is 0 Å². The van der Waals surface area contributed by atoms with E-state index >= 15 is 0 Å². The fourth-order valence-electron chi connectivity index (χ4n) is 4.03. The van der Waals surface area contributed by atoms with Gasteiger partial charge in [0, 0.05) is 36.7 Å². The number of amides is 2. The standard InChI is InChI=1S/C29H32ClN7O2/c1-20-17-22(9-11-27(20)39-28-23(7-5-13-32-28)24-12-14-31-19-33-24)34-29(38)35-25-18-21(30)8-10-26(25)37(4)16-6-15-36(2)3/h5,7-14,17-19H,6,15-16H2,1-4H3,(H2,34,35,38). The summed E-state index contributed by atoms with van der Waals surface area (Å²) in [5, 5.41) is 6.38. The molecule has 2 aromatic carbocycles. The van der Waals surface area contributed by atoms with Crippen LogP contribution in [0.4, 0.5) is 21.9 Å². The third-order valence-corrected chi connectivity index (χ3v) is 6.22. The molecule has 0 bridgehead atoms. The summed E-state index contributed by atoms with van der Waals surface area (Å²) < 4.78 is 6.13. The Hall–Kier alpha value is -4.21. The van der Waals surface area contributed by atoms with E-state index < -0.39 is 0 Å². The van der Waals surface area contributed by atoms with Crippen LogP contribution in [0.3, 0.4) is 0 Å². The van der Waals surface area contributed by atoms with Gasteiger partial charge in [0.05, 0.1) is 22.6 Å². The minimum Gasteiger partial charge on any atom is -0.438 e. The molecule has 9 nitrogen and oxygen atoms in total. The fourth-order valence-corrected chi connectivity index (χ4v) is 4.21. The van der Waals surface area contributed by atoms with Crippen LogP contribution in [0.1, 0.15) is 12.0 Å². The van der Waals surface area contributed by atoms with E-state index in [0.717, 1.165) is 36.3 Å². The molecule has 0 aliphatic heterocycles. The maximum absolute atomic E-state index is 12.9. The minimum absolute atomic E-state index is 0.371. The molecule has 0 saturated heterocycles. The third kappa shape index (κ3) is 7.66. The number of nitrogens with one attached hydrogen (secondary N) is 2. The number of urea groups is 1. The van der Waals surface area contributed by atoms with Crippen LogP contribution in [0.15, 0.2) is 73.3 Å². The summed E-state index contributed by atoms with van der Waals surface area (Å²) in [6.45, 7) is 3.72. The molecule has 4 rings (SSSR count). The first-order valence-electron chi connectivity index (χ1n) is 12.5. The molecule has 0 aliphatic carbocycles. The summed E-state index contributed by atoms with van der Waals surface area (Å²) in [6.07, 6.45) is 5.81. The van der Waals surface area contributed by atoms with E-state index in [-0.39, 0.29) is 6.03 Å². The lowest BCUT2D eigenvalue weighted by molar-refractivity contribution is 0.262. The Labute approximate surface area is 233 Å². The van der Waals surface area contributed by atoms with E-state index in [1.165, 1.54) is 6.33 Å². The highest BCUT2D eigenvalue weighted by atomic mass is 35.5. The maximum Gasteiger partial charge on any atom is 0.323 e. The molecule has 0 aliphatic rings. The van der Waals surface area contributed by atoms with Gasteiger partial charge in [-0.25, -0.2) is 19.7 Å². The number of aromatic nitrogens is 3. The van der Waals surface area contributed by atoms with Crippen LogP contribution in [-0.2, 0) is 0 Å². The van der Waals surface area contributed by atoms with Crippen LogP contribution < -0.4 is 20.3 Å². The average Bonchev–Trinajstić information content (AvgIpc) is 2.91. The number of hydrogen-bond acceptors (Lipinski definition) is 7. The zero-order chi connectivity index (χ0) is 27.8. The van der Waals surface area contributed by atoms with Crippen LogP contribution in [0.5, 0.6) is 11.6 Å². The molecule has 0 unspecified atom stereocenters. The van der Waals surface area contributed by atoms with Gasteiger partial charge in [-0.2, -0.15) is 0 Å². The summed E-state index contributed by atoms with van der Waals surface area (Å²) >= 11 is 6.24. The molecule has 2 N–H and O–H groups in total. The van der Waals surface area contributed by atoms with Gasteiger partial charge < -0.3 is 25.2 Å². The number of ether oxygens (including phenoxy) is 1. The minimum atomic E-state index is -0.371. The van der Waals surface area contributed by atoms with Crippen molar-refractivity contribution in [3.05, 3.63) is 83.9 Å². The molecule has 202 valence electrons. The van der Waals surface area contributed by atoms with E-state index in [9.17, 15) is 4.79 Å². The second kappa shape index (κ2) is 13.0. The van der Waals surface area contributed by atoms with Gasteiger partial charge in [0.15, 0.2) is 0 Å². The van der Waals surface area contributed by atoms with E-state index in [4.69, 9.17) is 16.3 Å². The fraction of sp³-hybridized carbons (Fsp3) is 0.241. The number of rotatable bonds is 10. The van der Waals surface area contributed by atoms with Crippen molar-refractivity contribution in [3.8, 4) is 22.9 Å². The molecule has 10 heteroatoms. The Kier molecular flexibility index (Phi) is 9.30. The van der Waals surface area contributed by atoms with Gasteiger partial charge in [0.1, 0.15) is 12.1 Å². The van der Waals surface area contributed by atoms with Gasteiger partial charge in [-0.3, -0.25) is 0 Å². The first-order chi connectivity index (χ1) is 18.8. The number of aryl methyl sites for hydroxylation is 1. The van der Waals surface area contributed by atoms with Crippen LogP contribution in [0.2, 0.25) is 5.02 Å². The molecule has 2 amide bonds. The quantitative estimate of drug-likeness (QED) is 0.240. The second-order valence-corrected chi connectivity index (χ2v) is 9.79. The molecule has 4 aromatic rings. The Bertz CT molecular complexity index is 1420. The van der Waals surface area contributed by atoms with Crippen molar-refractivity contribution in [1.29, 1.82) is 0 Å². The first-order valence-corrected chi connectivity index (χ1v) is 12.9. The highest BCUT2D eigenvalue weighted by Crippen LogP contribution is 2.33. The van der Waals surface area contributed by atoms with Crippen LogP contribution in [-0.4, -0.2) is 60.1 Å². The highest BCUT2D eigenvalue weighted by molar-refractivity contribution is 6.31. The zero-order valence-corrected chi connectivity index (χ0v) is 23.2. The van der Waals surface area contributed by atoms with E-state index in [1.54, 1.807) is 36.7 Å². The van der Waals surface area contributed by atoms with Gasteiger partial charge in [0.2, 0.25) is 5.88 Å². The number of anilines is 3. The number of pyridine rings is 1. The van der Waals surface area contributed by atoms with Crippen LogP contribution in [0, 0.1) is 6.92 Å². The Morgan fingerprint density at radius 2 is 1.82 bits per heavy atom. The van der Waals surface area contributed by atoms with Crippen LogP contribution >= 0.6 is 11.6 Å². The maximum atomic E-state index is 12.9. The average molecular weight is 546 g/mol. The highest BCUT2D eigenvalue weighted by Gasteiger charge is 2.14. The van der Waals surface area contributed by atoms with Gasteiger partial charge >= 0.3 is 6.03 Å². The van der Waals surface area contributed by atoms with Crippen LogP contribution in [0.25, 0.3) is 11.3 Å². The monoisotopic (exact) mass is 545 g/mol. The smallest absolute Gasteiger partial charge is 0.323 e. The number of halogens is 1. The Balaban J connectivity index is 1.44. The summed E-state index contributed by atoms with van der Waals surface area (Å²) in [5.74, 6) is 1.05. The van der Waals surface area contributed by atoms with Crippen molar-refractivity contribution in [3.63, 3.8) is 0 Å². The van der Waals surface area contributed by atoms with Gasteiger partial charge in [-0.1, -0.05) is 11.6 Å². The van der Waals surface area contributed by atoms with Crippen molar-refractivity contribution >= 4 is 34.7 Å². The lowest BCUT2D eigenvalue weighted by Crippen LogP contribution is -2.26.